The van der Waals surface area contributed by atoms with Gasteiger partial charge in [-0.25, -0.2) is 4.79 Å². The van der Waals surface area contributed by atoms with Gasteiger partial charge >= 0.3 is 5.63 Å². The normalized spacial score (nSPS) is 13.6. The molecule has 0 atom stereocenters. The van der Waals surface area contributed by atoms with Crippen molar-refractivity contribution < 1.29 is 9.52 Å². The van der Waals surface area contributed by atoms with E-state index in [9.17, 15) is 9.90 Å². The number of aliphatic hydroxyl groups is 1. The van der Waals surface area contributed by atoms with Gasteiger partial charge in [0.2, 0.25) is 0 Å². The predicted octanol–water partition coefficient (Wildman–Crippen LogP) is 3.22. The van der Waals surface area contributed by atoms with Gasteiger partial charge in [-0.15, -0.1) is 0 Å². The summed E-state index contributed by atoms with van der Waals surface area (Å²) < 4.78 is 4.94. The minimum Gasteiger partial charge on any atom is -0.428 e. The minimum absolute atomic E-state index is 0.446. The Morgan fingerprint density at radius 1 is 0.958 bits per heavy atom. The Bertz CT molecular complexity index is 1020. The van der Waals surface area contributed by atoms with Gasteiger partial charge in [0.25, 0.3) is 0 Å². The molecule has 1 aromatic heterocycles. The second kappa shape index (κ2) is 5.23. The molecular weight excluding hydrogens is 300 g/mol. The third kappa shape index (κ3) is 2.17. The molecule has 0 unspecified atom stereocenters. The molecule has 1 heterocycles. The van der Waals surface area contributed by atoms with Crippen molar-refractivity contribution in [1.29, 1.82) is 0 Å². The molecular formula is C21H14O3. The molecule has 3 nitrogen and oxygen atoms in total. The van der Waals surface area contributed by atoms with Crippen LogP contribution in [0.1, 0.15) is 22.5 Å². The van der Waals surface area contributed by atoms with Gasteiger partial charge in [-0.3, -0.25) is 0 Å². The number of aryl methyl sites for hydroxylation is 1. The van der Waals surface area contributed by atoms with Crippen LogP contribution in [0, 0.1) is 18.8 Å². The molecule has 4 rings (SSSR count). The molecule has 0 spiro atoms. The summed E-state index contributed by atoms with van der Waals surface area (Å²) in [5, 5.41) is 11.3. The van der Waals surface area contributed by atoms with Crippen molar-refractivity contribution in [2.45, 2.75) is 12.5 Å². The number of hydrogen-bond acceptors (Lipinski definition) is 3. The van der Waals surface area contributed by atoms with E-state index in [1.807, 2.05) is 48.5 Å². The third-order valence-corrected chi connectivity index (χ3v) is 4.21. The van der Waals surface area contributed by atoms with E-state index in [1.165, 1.54) is 6.07 Å². The Morgan fingerprint density at radius 3 is 2.12 bits per heavy atom. The summed E-state index contributed by atoms with van der Waals surface area (Å²) in [5.74, 6) is 6.39. The zero-order valence-corrected chi connectivity index (χ0v) is 13.0. The van der Waals surface area contributed by atoms with E-state index in [1.54, 1.807) is 13.0 Å². The molecule has 1 N–H and O–H groups in total. The van der Waals surface area contributed by atoms with Crippen LogP contribution in [0.15, 0.2) is 69.9 Å². The lowest BCUT2D eigenvalue weighted by Crippen LogP contribution is -2.22. The molecule has 3 heteroatoms. The summed E-state index contributed by atoms with van der Waals surface area (Å²) in [6, 6.07) is 18.4. The molecule has 0 saturated carbocycles. The van der Waals surface area contributed by atoms with Crippen molar-refractivity contribution in [2.24, 2.45) is 0 Å². The molecule has 0 saturated heterocycles. The molecule has 1 aliphatic carbocycles. The van der Waals surface area contributed by atoms with Crippen LogP contribution in [0.25, 0.3) is 11.1 Å². The number of rotatable bonds is 0. The van der Waals surface area contributed by atoms with Crippen molar-refractivity contribution in [3.05, 3.63) is 93.5 Å². The number of benzene rings is 2. The van der Waals surface area contributed by atoms with Crippen LogP contribution in [0.3, 0.4) is 0 Å². The van der Waals surface area contributed by atoms with E-state index in [0.29, 0.717) is 11.3 Å². The first-order valence-electron chi connectivity index (χ1n) is 7.65. The monoisotopic (exact) mass is 314 g/mol. The highest BCUT2D eigenvalue weighted by molar-refractivity contribution is 5.82. The average molecular weight is 314 g/mol. The molecule has 2 aromatic carbocycles. The van der Waals surface area contributed by atoms with Gasteiger partial charge in [-0.1, -0.05) is 60.4 Å². The van der Waals surface area contributed by atoms with Gasteiger partial charge in [-0.2, -0.15) is 0 Å². The Hall–Kier alpha value is -3.09. The van der Waals surface area contributed by atoms with E-state index in [-0.39, 0.29) is 0 Å². The van der Waals surface area contributed by atoms with Gasteiger partial charge in [0, 0.05) is 22.8 Å². The zero-order valence-electron chi connectivity index (χ0n) is 13.0. The van der Waals surface area contributed by atoms with Crippen LogP contribution >= 0.6 is 0 Å². The maximum atomic E-state index is 11.5. The molecule has 0 fully saturated rings. The van der Waals surface area contributed by atoms with Crippen LogP contribution in [0.2, 0.25) is 0 Å². The van der Waals surface area contributed by atoms with Crippen LogP contribution in [-0.2, 0) is 5.60 Å². The number of hydrogen-bond donors (Lipinski definition) is 1. The fourth-order valence-corrected chi connectivity index (χ4v) is 3.19. The highest BCUT2D eigenvalue weighted by atomic mass is 16.4. The zero-order chi connectivity index (χ0) is 16.7. The smallest absolute Gasteiger partial charge is 0.337 e. The lowest BCUT2D eigenvalue weighted by Gasteiger charge is -2.18. The second-order valence-corrected chi connectivity index (χ2v) is 5.83. The Labute approximate surface area is 139 Å². The molecule has 0 radical (unpaired) electrons. The van der Waals surface area contributed by atoms with Crippen LogP contribution in [-0.4, -0.2) is 5.11 Å². The second-order valence-electron chi connectivity index (χ2n) is 5.83. The fraction of sp³-hybridized carbons (Fsp3) is 0.0952. The molecule has 0 amide bonds. The standard InChI is InChI=1S/C21H14O3/c1-14-12-15(13-20(22)24-14)10-11-21(23)18-8-4-2-6-16(18)17-7-3-5-9-19(17)21/h2-9,12-13,23H,1H3. The lowest BCUT2D eigenvalue weighted by atomic mass is 9.92. The molecule has 116 valence electrons. The fourth-order valence-electron chi connectivity index (χ4n) is 3.19. The van der Waals surface area contributed by atoms with Crippen LogP contribution < -0.4 is 5.63 Å². The van der Waals surface area contributed by atoms with Gasteiger partial charge in [0.1, 0.15) is 5.76 Å². The van der Waals surface area contributed by atoms with Crippen molar-refractivity contribution in [3.63, 3.8) is 0 Å². The summed E-state index contributed by atoms with van der Waals surface area (Å²) in [4.78, 5) is 11.5. The van der Waals surface area contributed by atoms with E-state index in [2.05, 4.69) is 11.8 Å². The maximum Gasteiger partial charge on any atom is 0.337 e. The van der Waals surface area contributed by atoms with E-state index < -0.39 is 11.2 Å². The third-order valence-electron chi connectivity index (χ3n) is 4.21. The van der Waals surface area contributed by atoms with E-state index in [0.717, 1.165) is 22.3 Å². The first-order valence-corrected chi connectivity index (χ1v) is 7.65. The molecule has 24 heavy (non-hydrogen) atoms. The van der Waals surface area contributed by atoms with Crippen LogP contribution in [0.5, 0.6) is 0 Å². The average Bonchev–Trinajstić information content (AvgIpc) is 2.83. The Kier molecular flexibility index (Phi) is 3.16. The molecule has 3 aromatic rings. The lowest BCUT2D eigenvalue weighted by molar-refractivity contribution is 0.150. The predicted molar refractivity (Wildman–Crippen MR) is 91.5 cm³/mol. The van der Waals surface area contributed by atoms with Crippen molar-refractivity contribution >= 4 is 0 Å². The summed E-state index contributed by atoms with van der Waals surface area (Å²) in [6.45, 7) is 1.70. The maximum absolute atomic E-state index is 11.5. The summed E-state index contributed by atoms with van der Waals surface area (Å²) in [5.41, 5.74) is 2.17. The summed E-state index contributed by atoms with van der Waals surface area (Å²) >= 11 is 0. The van der Waals surface area contributed by atoms with Crippen molar-refractivity contribution in [1.82, 2.24) is 0 Å². The van der Waals surface area contributed by atoms with E-state index in [4.69, 9.17) is 4.42 Å². The SMILES string of the molecule is Cc1cc(C#CC2(O)c3ccccc3-c3ccccc32)cc(=O)o1. The summed E-state index contributed by atoms with van der Waals surface area (Å²) in [6.07, 6.45) is 0. The highest BCUT2D eigenvalue weighted by Gasteiger charge is 2.39. The molecule has 0 aliphatic heterocycles. The highest BCUT2D eigenvalue weighted by Crippen LogP contribution is 2.46. The largest absolute Gasteiger partial charge is 0.428 e. The molecule has 0 bridgehead atoms. The van der Waals surface area contributed by atoms with Crippen LogP contribution in [0.4, 0.5) is 0 Å². The number of fused-ring (bicyclic) bond motifs is 3. The van der Waals surface area contributed by atoms with Crippen molar-refractivity contribution in [2.75, 3.05) is 0 Å². The Morgan fingerprint density at radius 2 is 1.54 bits per heavy atom. The van der Waals surface area contributed by atoms with Gasteiger partial charge in [0.15, 0.2) is 5.60 Å². The van der Waals surface area contributed by atoms with Gasteiger partial charge in [0.05, 0.1) is 0 Å². The summed E-state index contributed by atoms with van der Waals surface area (Å²) in [7, 11) is 0. The first-order chi connectivity index (χ1) is 11.6. The topological polar surface area (TPSA) is 50.4 Å². The minimum atomic E-state index is -1.39. The molecule has 1 aliphatic rings. The van der Waals surface area contributed by atoms with E-state index >= 15 is 0 Å². The van der Waals surface area contributed by atoms with Gasteiger partial charge < -0.3 is 9.52 Å². The van der Waals surface area contributed by atoms with Crippen molar-refractivity contribution in [3.8, 4) is 23.0 Å². The van der Waals surface area contributed by atoms with Gasteiger partial charge in [-0.05, 0) is 24.1 Å². The quantitative estimate of drug-likeness (QED) is 0.648. The Balaban J connectivity index is 1.92. The first kappa shape index (κ1) is 14.5.